The highest BCUT2D eigenvalue weighted by atomic mass is 16.5. The van der Waals surface area contributed by atoms with E-state index in [0.29, 0.717) is 40.5 Å². The van der Waals surface area contributed by atoms with E-state index in [4.69, 9.17) is 10.5 Å². The van der Waals surface area contributed by atoms with Crippen molar-refractivity contribution in [1.29, 1.82) is 0 Å². The van der Waals surface area contributed by atoms with Crippen LogP contribution in [0.2, 0.25) is 0 Å². The van der Waals surface area contributed by atoms with Gasteiger partial charge in [0.25, 0.3) is 0 Å². The number of anilines is 1. The highest BCUT2D eigenvalue weighted by molar-refractivity contribution is 5.89. The van der Waals surface area contributed by atoms with Gasteiger partial charge in [-0.05, 0) is 120 Å². The van der Waals surface area contributed by atoms with E-state index >= 15 is 0 Å². The molecule has 0 radical (unpaired) electrons. The van der Waals surface area contributed by atoms with Gasteiger partial charge in [0.15, 0.2) is 0 Å². The summed E-state index contributed by atoms with van der Waals surface area (Å²) in [5.41, 5.74) is 10.6. The molecule has 232 valence electrons. The third kappa shape index (κ3) is 7.17. The Hall–Kier alpha value is -3.11. The zero-order chi connectivity index (χ0) is 31.2. The molecule has 2 bridgehead atoms. The lowest BCUT2D eigenvalue weighted by Crippen LogP contribution is -2.51. The highest BCUT2D eigenvalue weighted by Crippen LogP contribution is 2.65. The van der Waals surface area contributed by atoms with Crippen LogP contribution in [0.3, 0.4) is 0 Å². The fourth-order valence-corrected chi connectivity index (χ4v) is 7.93. The van der Waals surface area contributed by atoms with Crippen molar-refractivity contribution in [2.24, 2.45) is 22.7 Å². The minimum atomic E-state index is -0.294. The van der Waals surface area contributed by atoms with Crippen molar-refractivity contribution < 1.29 is 9.53 Å². The zero-order valence-corrected chi connectivity index (χ0v) is 27.5. The summed E-state index contributed by atoms with van der Waals surface area (Å²) in [7, 11) is 0. The Labute approximate surface area is 260 Å². The molecule has 0 saturated heterocycles. The summed E-state index contributed by atoms with van der Waals surface area (Å²) < 4.78 is 5.18. The number of nitrogen functional groups attached to an aromatic ring is 1. The Morgan fingerprint density at radius 1 is 1.09 bits per heavy atom. The van der Waals surface area contributed by atoms with E-state index in [1.807, 2.05) is 0 Å². The second-order valence-electron chi connectivity index (χ2n) is 13.4. The van der Waals surface area contributed by atoms with Gasteiger partial charge in [-0.15, -0.1) is 6.58 Å². The van der Waals surface area contributed by atoms with Crippen LogP contribution in [-0.4, -0.2) is 37.1 Å². The standard InChI is InChI=1S/C26H34.C13H20N2O2/c1-6-19-11-12-20-9-8-10-23(24(20)15-19)18(3)26(5)17-25(4)14-13-22(26)16-21(25)7-2;1-3-15(4-2)9-10-17-13(16)11-5-7-12(14)8-6-11/h7-12,15,18,21-22H,2,6,13-14,16-17H2,1,3-5H3;5-8H,3-4,9-10,14H2,1-2H3/t18-,21+,22?,25-,26+;/m0./s1. The maximum atomic E-state index is 11.6. The van der Waals surface area contributed by atoms with Crippen LogP contribution in [0.1, 0.15) is 94.6 Å². The lowest BCUT2D eigenvalue weighted by Gasteiger charge is -2.61. The molecule has 0 aliphatic heterocycles. The second-order valence-corrected chi connectivity index (χ2v) is 13.4. The largest absolute Gasteiger partial charge is 0.461 e. The Kier molecular flexibility index (Phi) is 10.8. The van der Waals surface area contributed by atoms with Gasteiger partial charge in [0, 0.05) is 12.2 Å². The molecule has 6 rings (SSSR count). The molecule has 3 fully saturated rings. The molecule has 3 aromatic carbocycles. The molecule has 3 aliphatic carbocycles. The average molecular weight is 583 g/mol. The van der Waals surface area contributed by atoms with E-state index in [1.165, 1.54) is 42.0 Å². The summed E-state index contributed by atoms with van der Waals surface area (Å²) in [6.45, 7) is 21.3. The van der Waals surface area contributed by atoms with Crippen LogP contribution in [0.4, 0.5) is 5.69 Å². The minimum Gasteiger partial charge on any atom is -0.461 e. The number of ether oxygens (including phenoxy) is 1. The van der Waals surface area contributed by atoms with Crippen LogP contribution in [0.25, 0.3) is 10.8 Å². The second kappa shape index (κ2) is 14.1. The summed E-state index contributed by atoms with van der Waals surface area (Å²) in [5.74, 6) is 1.83. The van der Waals surface area contributed by atoms with Gasteiger partial charge in [0.1, 0.15) is 6.61 Å². The molecule has 0 aromatic heterocycles. The van der Waals surface area contributed by atoms with Crippen molar-refractivity contribution in [2.45, 2.75) is 79.6 Å². The van der Waals surface area contributed by atoms with Gasteiger partial charge < -0.3 is 15.4 Å². The fraction of sp³-hybridized carbons (Fsp3) is 0.513. The highest BCUT2D eigenvalue weighted by Gasteiger charge is 2.55. The molecule has 3 saturated carbocycles. The number of fused-ring (bicyclic) bond motifs is 4. The molecule has 3 aromatic rings. The SMILES string of the molecule is C=C[C@@H]1CC2CC[C@@]1(C)C[C@]2(C)[C@@H](C)c1cccc2ccc(CC)cc12.CCN(CC)CCOC(=O)c1ccc(N)cc1. The van der Waals surface area contributed by atoms with Crippen molar-refractivity contribution >= 4 is 22.4 Å². The summed E-state index contributed by atoms with van der Waals surface area (Å²) in [6.07, 6.45) is 8.82. The van der Waals surface area contributed by atoms with Gasteiger partial charge in [-0.1, -0.05) is 84.0 Å². The molecule has 4 heteroatoms. The number of hydrogen-bond acceptors (Lipinski definition) is 4. The fourth-order valence-electron chi connectivity index (χ4n) is 7.93. The molecular formula is C39H54N2O2. The molecule has 4 nitrogen and oxygen atoms in total. The average Bonchev–Trinajstić information content (AvgIpc) is 3.02. The van der Waals surface area contributed by atoms with Crippen LogP contribution >= 0.6 is 0 Å². The van der Waals surface area contributed by atoms with Crippen LogP contribution in [-0.2, 0) is 11.2 Å². The van der Waals surface area contributed by atoms with Crippen molar-refractivity contribution in [3.63, 3.8) is 0 Å². The molecule has 43 heavy (non-hydrogen) atoms. The van der Waals surface area contributed by atoms with Gasteiger partial charge in [-0.3, -0.25) is 0 Å². The predicted octanol–water partition coefficient (Wildman–Crippen LogP) is 9.29. The van der Waals surface area contributed by atoms with Crippen LogP contribution in [0, 0.1) is 22.7 Å². The number of nitrogens with zero attached hydrogens (tertiary/aromatic N) is 1. The Bertz CT molecular complexity index is 1380. The first-order valence-electron chi connectivity index (χ1n) is 16.5. The van der Waals surface area contributed by atoms with E-state index in [9.17, 15) is 4.79 Å². The van der Waals surface area contributed by atoms with Crippen molar-refractivity contribution in [2.75, 3.05) is 32.0 Å². The first kappa shape index (κ1) is 32.8. The normalized spacial score (nSPS) is 25.2. The predicted molar refractivity (Wildman–Crippen MR) is 183 cm³/mol. The van der Waals surface area contributed by atoms with E-state index in [2.05, 4.69) is 95.5 Å². The minimum absolute atomic E-state index is 0.294. The summed E-state index contributed by atoms with van der Waals surface area (Å²) >= 11 is 0. The van der Waals surface area contributed by atoms with Crippen molar-refractivity contribution in [3.8, 4) is 0 Å². The number of allylic oxidation sites excluding steroid dienone is 1. The lowest BCUT2D eigenvalue weighted by molar-refractivity contribution is -0.0815. The number of nitrogens with two attached hydrogens (primary N) is 1. The third-order valence-electron chi connectivity index (χ3n) is 11.0. The number of benzene rings is 3. The smallest absolute Gasteiger partial charge is 0.338 e. The molecule has 0 spiro atoms. The van der Waals surface area contributed by atoms with E-state index in [0.717, 1.165) is 32.0 Å². The first-order chi connectivity index (χ1) is 20.6. The van der Waals surface area contributed by atoms with Gasteiger partial charge >= 0.3 is 5.97 Å². The van der Waals surface area contributed by atoms with Gasteiger partial charge in [-0.25, -0.2) is 4.79 Å². The first-order valence-corrected chi connectivity index (χ1v) is 16.5. The maximum absolute atomic E-state index is 11.6. The quantitative estimate of drug-likeness (QED) is 0.147. The monoisotopic (exact) mass is 582 g/mol. The molecular weight excluding hydrogens is 528 g/mol. The van der Waals surface area contributed by atoms with Crippen molar-refractivity contribution in [3.05, 3.63) is 90.0 Å². The number of carbonyl (C=O) groups excluding carboxylic acids is 1. The summed E-state index contributed by atoms with van der Waals surface area (Å²) in [5, 5.41) is 2.87. The molecule has 1 unspecified atom stereocenters. The number of rotatable bonds is 10. The molecule has 5 atom stereocenters. The van der Waals surface area contributed by atoms with Crippen molar-refractivity contribution in [1.82, 2.24) is 4.90 Å². The molecule has 2 N–H and O–H groups in total. The summed E-state index contributed by atoms with van der Waals surface area (Å²) in [6, 6.07) is 20.7. The zero-order valence-electron chi connectivity index (χ0n) is 27.5. The number of likely N-dealkylation sites (N-methyl/N-ethyl adjacent to an activating group) is 1. The molecule has 0 amide bonds. The lowest BCUT2D eigenvalue weighted by atomic mass is 9.44. The number of aryl methyl sites for hydroxylation is 1. The van der Waals surface area contributed by atoms with E-state index < -0.39 is 0 Å². The molecule has 3 aliphatic rings. The number of hydrogen-bond donors (Lipinski definition) is 1. The maximum Gasteiger partial charge on any atom is 0.338 e. The third-order valence-corrected chi connectivity index (χ3v) is 11.0. The van der Waals surface area contributed by atoms with Crippen LogP contribution in [0.15, 0.2) is 73.3 Å². The Morgan fingerprint density at radius 3 is 2.44 bits per heavy atom. The topological polar surface area (TPSA) is 55.6 Å². The van der Waals surface area contributed by atoms with Crippen LogP contribution < -0.4 is 5.73 Å². The Morgan fingerprint density at radius 2 is 1.81 bits per heavy atom. The molecule has 0 heterocycles. The van der Waals surface area contributed by atoms with E-state index in [1.54, 1.807) is 29.8 Å². The van der Waals surface area contributed by atoms with Gasteiger partial charge in [-0.2, -0.15) is 0 Å². The number of esters is 1. The van der Waals surface area contributed by atoms with Gasteiger partial charge in [0.05, 0.1) is 5.56 Å². The van der Waals surface area contributed by atoms with E-state index in [-0.39, 0.29) is 5.97 Å². The number of carbonyl (C=O) groups is 1. The van der Waals surface area contributed by atoms with Crippen LogP contribution in [0.5, 0.6) is 0 Å². The Balaban J connectivity index is 0.000000217. The van der Waals surface area contributed by atoms with Gasteiger partial charge in [0.2, 0.25) is 0 Å². The summed E-state index contributed by atoms with van der Waals surface area (Å²) in [4.78, 5) is 13.8.